The fraction of sp³-hybridized carbons (Fsp3) is 0.909. The molecule has 3 nitrogen and oxygen atoms in total. The van der Waals surface area contributed by atoms with Crippen LogP contribution in [0.25, 0.3) is 0 Å². The number of nitrogens with one attached hydrogen (secondary N) is 1. The van der Waals surface area contributed by atoms with Gasteiger partial charge >= 0.3 is 0 Å². The van der Waals surface area contributed by atoms with Gasteiger partial charge in [0.2, 0.25) is 5.91 Å². The molecule has 1 heterocycles. The summed E-state index contributed by atoms with van der Waals surface area (Å²) in [5.41, 5.74) is 0. The van der Waals surface area contributed by atoms with Crippen LogP contribution in [0.1, 0.15) is 46.5 Å². The van der Waals surface area contributed by atoms with E-state index in [-0.39, 0.29) is 11.9 Å². The molecule has 14 heavy (non-hydrogen) atoms. The van der Waals surface area contributed by atoms with E-state index in [2.05, 4.69) is 19.2 Å². The second-order valence-electron chi connectivity index (χ2n) is 4.24. The zero-order valence-corrected chi connectivity index (χ0v) is 9.55. The van der Waals surface area contributed by atoms with E-state index in [9.17, 15) is 4.79 Å². The maximum atomic E-state index is 11.6. The average molecular weight is 198 g/mol. The van der Waals surface area contributed by atoms with Crippen molar-refractivity contribution in [2.45, 2.75) is 58.5 Å². The van der Waals surface area contributed by atoms with Crippen LogP contribution in [0, 0.1) is 0 Å². The minimum atomic E-state index is 0.0172. The summed E-state index contributed by atoms with van der Waals surface area (Å²) in [7, 11) is 0. The van der Waals surface area contributed by atoms with E-state index in [4.69, 9.17) is 0 Å². The third kappa shape index (κ3) is 2.71. The van der Waals surface area contributed by atoms with Crippen LogP contribution >= 0.6 is 0 Å². The summed E-state index contributed by atoms with van der Waals surface area (Å²) in [6, 6.07) is 0.412. The SMILES string of the molecule is CCCCCC(C)N1CNC(C)C1=O. The van der Waals surface area contributed by atoms with Crippen LogP contribution in [0.15, 0.2) is 0 Å². The van der Waals surface area contributed by atoms with Crippen LogP contribution in [0.5, 0.6) is 0 Å². The first-order chi connectivity index (χ1) is 6.66. The van der Waals surface area contributed by atoms with Crippen molar-refractivity contribution in [2.24, 2.45) is 0 Å². The molecule has 0 aromatic heterocycles. The smallest absolute Gasteiger partial charge is 0.240 e. The lowest BCUT2D eigenvalue weighted by Crippen LogP contribution is -2.36. The maximum Gasteiger partial charge on any atom is 0.240 e. The Morgan fingerprint density at radius 2 is 2.29 bits per heavy atom. The summed E-state index contributed by atoms with van der Waals surface area (Å²) in [4.78, 5) is 13.6. The van der Waals surface area contributed by atoms with Gasteiger partial charge in [0.1, 0.15) is 0 Å². The van der Waals surface area contributed by atoms with Crippen LogP contribution in [-0.2, 0) is 4.79 Å². The largest absolute Gasteiger partial charge is 0.326 e. The molecule has 0 bridgehead atoms. The van der Waals surface area contributed by atoms with Gasteiger partial charge in [-0.1, -0.05) is 26.2 Å². The summed E-state index contributed by atoms with van der Waals surface area (Å²) < 4.78 is 0. The molecule has 1 aliphatic rings. The lowest BCUT2D eigenvalue weighted by molar-refractivity contribution is -0.130. The molecule has 0 spiro atoms. The second kappa shape index (κ2) is 5.35. The van der Waals surface area contributed by atoms with E-state index < -0.39 is 0 Å². The van der Waals surface area contributed by atoms with Crippen LogP contribution in [0.3, 0.4) is 0 Å². The van der Waals surface area contributed by atoms with Crippen LogP contribution in [0.4, 0.5) is 0 Å². The Morgan fingerprint density at radius 1 is 1.57 bits per heavy atom. The maximum absolute atomic E-state index is 11.6. The third-order valence-electron chi connectivity index (χ3n) is 2.98. The van der Waals surface area contributed by atoms with E-state index in [0.717, 1.165) is 13.1 Å². The summed E-state index contributed by atoms with van der Waals surface area (Å²) in [5.74, 6) is 0.258. The lowest BCUT2D eigenvalue weighted by atomic mass is 10.1. The Morgan fingerprint density at radius 3 is 2.79 bits per heavy atom. The van der Waals surface area contributed by atoms with Gasteiger partial charge in [-0.2, -0.15) is 0 Å². The van der Waals surface area contributed by atoms with Crippen molar-refractivity contribution in [3.8, 4) is 0 Å². The van der Waals surface area contributed by atoms with Crippen molar-refractivity contribution < 1.29 is 4.79 Å². The molecule has 0 saturated carbocycles. The van der Waals surface area contributed by atoms with E-state index >= 15 is 0 Å². The van der Waals surface area contributed by atoms with Crippen molar-refractivity contribution in [3.63, 3.8) is 0 Å². The molecule has 0 radical (unpaired) electrons. The Labute approximate surface area is 86.9 Å². The van der Waals surface area contributed by atoms with Gasteiger partial charge in [0.05, 0.1) is 12.7 Å². The minimum absolute atomic E-state index is 0.0172. The highest BCUT2D eigenvalue weighted by molar-refractivity contribution is 5.83. The first-order valence-corrected chi connectivity index (χ1v) is 5.70. The van der Waals surface area contributed by atoms with E-state index in [0.29, 0.717) is 6.04 Å². The highest BCUT2D eigenvalue weighted by Gasteiger charge is 2.30. The predicted octanol–water partition coefficient (Wildman–Crippen LogP) is 1.73. The molecule has 3 heteroatoms. The van der Waals surface area contributed by atoms with Crippen molar-refractivity contribution >= 4 is 5.91 Å². The summed E-state index contributed by atoms with van der Waals surface area (Å²) in [6.07, 6.45) is 4.88. The molecule has 2 atom stereocenters. The number of carbonyl (C=O) groups is 1. The number of unbranched alkanes of at least 4 members (excludes halogenated alkanes) is 2. The van der Waals surface area contributed by atoms with E-state index in [1.54, 1.807) is 0 Å². The minimum Gasteiger partial charge on any atom is -0.326 e. The van der Waals surface area contributed by atoms with Crippen LogP contribution in [0.2, 0.25) is 0 Å². The number of hydrogen-bond donors (Lipinski definition) is 1. The van der Waals surface area contributed by atoms with Gasteiger partial charge in [-0.05, 0) is 20.3 Å². The molecule has 1 rings (SSSR count). The first-order valence-electron chi connectivity index (χ1n) is 5.70. The summed E-state index contributed by atoms with van der Waals surface area (Å²) in [5, 5.41) is 3.17. The monoisotopic (exact) mass is 198 g/mol. The zero-order valence-electron chi connectivity index (χ0n) is 9.55. The van der Waals surface area contributed by atoms with Gasteiger partial charge in [-0.25, -0.2) is 0 Å². The quantitative estimate of drug-likeness (QED) is 0.682. The van der Waals surface area contributed by atoms with E-state index in [1.807, 2.05) is 11.8 Å². The molecule has 0 aromatic carbocycles. The molecular weight excluding hydrogens is 176 g/mol. The Bertz CT molecular complexity index is 194. The second-order valence-corrected chi connectivity index (χ2v) is 4.24. The van der Waals surface area contributed by atoms with Gasteiger partial charge in [0, 0.05) is 6.04 Å². The van der Waals surface area contributed by atoms with Gasteiger partial charge in [-0.15, -0.1) is 0 Å². The Hall–Kier alpha value is -0.570. The molecule has 1 saturated heterocycles. The molecule has 2 unspecified atom stereocenters. The standard InChI is InChI=1S/C11H22N2O/c1-4-5-6-7-9(2)13-8-12-10(3)11(13)14/h9-10,12H,4-8H2,1-3H3. The third-order valence-corrected chi connectivity index (χ3v) is 2.98. The topological polar surface area (TPSA) is 32.3 Å². The summed E-state index contributed by atoms with van der Waals surface area (Å²) in [6.45, 7) is 7.01. The van der Waals surface area contributed by atoms with Crippen molar-refractivity contribution in [3.05, 3.63) is 0 Å². The fourth-order valence-corrected chi connectivity index (χ4v) is 1.87. The number of hydrogen-bond acceptors (Lipinski definition) is 2. The molecular formula is C11H22N2O. The van der Waals surface area contributed by atoms with Crippen LogP contribution < -0.4 is 5.32 Å². The van der Waals surface area contributed by atoms with Gasteiger partial charge in [-0.3, -0.25) is 10.1 Å². The number of rotatable bonds is 5. The van der Waals surface area contributed by atoms with E-state index in [1.165, 1.54) is 19.3 Å². The first kappa shape index (κ1) is 11.5. The van der Waals surface area contributed by atoms with Crippen molar-refractivity contribution in [2.75, 3.05) is 6.67 Å². The van der Waals surface area contributed by atoms with Crippen LogP contribution in [-0.4, -0.2) is 29.6 Å². The molecule has 82 valence electrons. The molecule has 1 N–H and O–H groups in total. The molecule has 0 aliphatic carbocycles. The normalized spacial score (nSPS) is 24.4. The van der Waals surface area contributed by atoms with Gasteiger partial charge in [0.15, 0.2) is 0 Å². The highest BCUT2D eigenvalue weighted by Crippen LogP contribution is 2.13. The molecule has 1 fully saturated rings. The lowest BCUT2D eigenvalue weighted by Gasteiger charge is -2.23. The molecule has 1 aliphatic heterocycles. The molecule has 1 amide bonds. The Kier molecular flexibility index (Phi) is 4.39. The number of carbonyl (C=O) groups excluding carboxylic acids is 1. The fourth-order valence-electron chi connectivity index (χ4n) is 1.87. The van der Waals surface area contributed by atoms with Crippen molar-refractivity contribution in [1.29, 1.82) is 0 Å². The van der Waals surface area contributed by atoms with Gasteiger partial charge in [0.25, 0.3) is 0 Å². The predicted molar refractivity (Wildman–Crippen MR) is 57.9 cm³/mol. The average Bonchev–Trinajstić information content (AvgIpc) is 2.48. The Balaban J connectivity index is 2.30. The van der Waals surface area contributed by atoms with Crippen molar-refractivity contribution in [1.82, 2.24) is 10.2 Å². The highest BCUT2D eigenvalue weighted by atomic mass is 16.2. The number of amides is 1. The molecule has 0 aromatic rings. The van der Waals surface area contributed by atoms with Gasteiger partial charge < -0.3 is 4.90 Å². The summed E-state index contributed by atoms with van der Waals surface area (Å²) >= 11 is 0. The zero-order chi connectivity index (χ0) is 10.6. The number of nitrogens with zero attached hydrogens (tertiary/aromatic N) is 1.